The van der Waals surface area contributed by atoms with Crippen molar-refractivity contribution in [2.24, 2.45) is 0 Å². The van der Waals surface area contributed by atoms with Gasteiger partial charge in [-0.25, -0.2) is 0 Å². The van der Waals surface area contributed by atoms with E-state index >= 15 is 0 Å². The number of carbonyl (C=O) groups excluding carboxylic acids is 2. The molecule has 2 amide bonds. The molecule has 0 saturated heterocycles. The highest BCUT2D eigenvalue weighted by molar-refractivity contribution is 5.95. The third-order valence-corrected chi connectivity index (χ3v) is 5.06. The highest BCUT2D eigenvalue weighted by Crippen LogP contribution is 2.42. The van der Waals surface area contributed by atoms with E-state index in [1.807, 2.05) is 6.07 Å². The molecule has 2 aromatic carbocycles. The van der Waals surface area contributed by atoms with Crippen LogP contribution in [0.15, 0.2) is 42.7 Å². The molecule has 2 aliphatic rings. The summed E-state index contributed by atoms with van der Waals surface area (Å²) in [5.74, 6) is -4.72. The zero-order valence-electron chi connectivity index (χ0n) is 14.5. The van der Waals surface area contributed by atoms with Gasteiger partial charge < -0.3 is 0 Å². The summed E-state index contributed by atoms with van der Waals surface area (Å²) in [5, 5.41) is 1.14. The third-order valence-electron chi connectivity index (χ3n) is 5.06. The molecule has 0 fully saturated rings. The monoisotopic (exact) mass is 414 g/mol. The van der Waals surface area contributed by atoms with E-state index < -0.39 is 30.3 Å². The van der Waals surface area contributed by atoms with Gasteiger partial charge in [0.15, 0.2) is 0 Å². The number of halogens is 6. The Kier molecular flexibility index (Phi) is 4.14. The Morgan fingerprint density at radius 3 is 1.83 bits per heavy atom. The van der Waals surface area contributed by atoms with Crippen molar-refractivity contribution < 1.29 is 35.9 Å². The Balaban J connectivity index is 1.90. The topological polar surface area (TPSA) is 40.6 Å². The molecule has 1 aliphatic heterocycles. The molecule has 4 nitrogen and oxygen atoms in total. The highest BCUT2D eigenvalue weighted by Gasteiger charge is 2.52. The lowest BCUT2D eigenvalue weighted by atomic mass is 9.97. The molecular formula is C19H12F6N2O2. The maximum absolute atomic E-state index is 13.1. The summed E-state index contributed by atoms with van der Waals surface area (Å²) in [7, 11) is 0. The predicted octanol–water partition coefficient (Wildman–Crippen LogP) is 4.20. The van der Waals surface area contributed by atoms with Crippen LogP contribution in [0.5, 0.6) is 0 Å². The zero-order chi connectivity index (χ0) is 21.1. The van der Waals surface area contributed by atoms with Gasteiger partial charge in [0.1, 0.15) is 6.17 Å². The molecule has 29 heavy (non-hydrogen) atoms. The summed E-state index contributed by atoms with van der Waals surface area (Å²) in [6.45, 7) is 0. The summed E-state index contributed by atoms with van der Waals surface area (Å²) >= 11 is 0. The van der Waals surface area contributed by atoms with Crippen LogP contribution in [-0.2, 0) is 22.4 Å². The minimum atomic E-state index is -5.32. The molecular weight excluding hydrogens is 402 g/mol. The van der Waals surface area contributed by atoms with Crippen molar-refractivity contribution in [1.29, 1.82) is 0 Å². The third kappa shape index (κ3) is 3.02. The Morgan fingerprint density at radius 1 is 0.793 bits per heavy atom. The minimum Gasteiger partial charge on any atom is -0.284 e. The Labute approximate surface area is 160 Å². The molecule has 0 aromatic heterocycles. The van der Waals surface area contributed by atoms with E-state index in [0.29, 0.717) is 30.6 Å². The first-order valence-corrected chi connectivity index (χ1v) is 8.51. The van der Waals surface area contributed by atoms with Crippen LogP contribution in [-0.4, -0.2) is 34.0 Å². The normalized spacial score (nSPS) is 16.9. The summed E-state index contributed by atoms with van der Waals surface area (Å²) in [6.07, 6.45) is -10.1. The number of alkyl halides is 6. The van der Waals surface area contributed by atoms with Crippen LogP contribution in [0.4, 0.5) is 26.3 Å². The second-order valence-corrected chi connectivity index (χ2v) is 6.75. The molecule has 0 unspecified atom stereocenters. The van der Waals surface area contributed by atoms with Crippen molar-refractivity contribution in [3.8, 4) is 0 Å². The lowest BCUT2D eigenvalue weighted by Gasteiger charge is -2.32. The van der Waals surface area contributed by atoms with Crippen LogP contribution in [0.3, 0.4) is 0 Å². The average Bonchev–Trinajstić information content (AvgIpc) is 3.25. The number of amides is 2. The van der Waals surface area contributed by atoms with E-state index in [0.717, 1.165) is 16.5 Å². The Bertz CT molecular complexity index is 1010. The molecule has 1 aliphatic carbocycles. The van der Waals surface area contributed by atoms with Gasteiger partial charge >= 0.3 is 24.2 Å². The number of hydrogen-bond acceptors (Lipinski definition) is 2. The maximum Gasteiger partial charge on any atom is 0.471 e. The molecule has 0 saturated carbocycles. The molecule has 0 N–H and O–H groups in total. The van der Waals surface area contributed by atoms with Crippen molar-refractivity contribution in [1.82, 2.24) is 9.80 Å². The second-order valence-electron chi connectivity index (χ2n) is 6.75. The van der Waals surface area contributed by atoms with Crippen LogP contribution in [0, 0.1) is 0 Å². The van der Waals surface area contributed by atoms with Crippen LogP contribution in [0.2, 0.25) is 0 Å². The van der Waals surface area contributed by atoms with Crippen molar-refractivity contribution in [2.45, 2.75) is 31.4 Å². The fourth-order valence-electron chi connectivity index (χ4n) is 3.89. The molecule has 1 heterocycles. The number of carbonyl (C=O) groups is 2. The first kappa shape index (κ1) is 19.3. The number of nitrogens with zero attached hydrogens (tertiary/aromatic N) is 2. The van der Waals surface area contributed by atoms with Gasteiger partial charge in [-0.3, -0.25) is 19.4 Å². The van der Waals surface area contributed by atoms with Crippen molar-refractivity contribution in [3.63, 3.8) is 0 Å². The van der Waals surface area contributed by atoms with Crippen molar-refractivity contribution in [2.75, 3.05) is 0 Å². The molecule has 10 heteroatoms. The van der Waals surface area contributed by atoms with E-state index in [4.69, 9.17) is 0 Å². The number of benzene rings is 2. The van der Waals surface area contributed by atoms with Crippen LogP contribution in [0.1, 0.15) is 22.9 Å². The fourth-order valence-corrected chi connectivity index (χ4v) is 3.89. The smallest absolute Gasteiger partial charge is 0.284 e. The molecule has 152 valence electrons. The van der Waals surface area contributed by atoms with E-state index in [1.165, 1.54) is 6.07 Å². The van der Waals surface area contributed by atoms with Gasteiger partial charge in [0.25, 0.3) is 0 Å². The molecule has 0 bridgehead atoms. The van der Waals surface area contributed by atoms with Crippen molar-refractivity contribution in [3.05, 3.63) is 59.4 Å². The summed E-state index contributed by atoms with van der Waals surface area (Å²) in [4.78, 5) is 24.0. The molecule has 4 rings (SSSR count). The van der Waals surface area contributed by atoms with E-state index in [2.05, 4.69) is 0 Å². The minimum absolute atomic E-state index is 0.00713. The van der Waals surface area contributed by atoms with Gasteiger partial charge in [-0.2, -0.15) is 26.3 Å². The standard InChI is InChI=1S/C19H12F6N2O2/c20-18(21,22)16(28)26-8-9-27(17(29)19(23,24)25)15(26)13-7-6-11-5-4-10-2-1-3-12(13)14(10)11/h1-3,6-9,15H,4-5H2. The summed E-state index contributed by atoms with van der Waals surface area (Å²) < 4.78 is 78.3. The largest absolute Gasteiger partial charge is 0.471 e. The zero-order valence-corrected chi connectivity index (χ0v) is 14.5. The van der Waals surface area contributed by atoms with Crippen LogP contribution >= 0.6 is 0 Å². The van der Waals surface area contributed by atoms with Gasteiger partial charge in [0.05, 0.1) is 0 Å². The predicted molar refractivity (Wildman–Crippen MR) is 89.0 cm³/mol. The second kappa shape index (κ2) is 6.23. The van der Waals surface area contributed by atoms with Crippen LogP contribution < -0.4 is 0 Å². The van der Waals surface area contributed by atoms with Gasteiger partial charge in [0.2, 0.25) is 0 Å². The fraction of sp³-hybridized carbons (Fsp3) is 0.263. The molecule has 0 atom stereocenters. The SMILES string of the molecule is O=C(N1C=CN(C(=O)C(F)(F)F)C1c1ccc2c3c(cccc13)CC2)C(F)(F)F. The summed E-state index contributed by atoms with van der Waals surface area (Å²) in [6, 6.07) is 8.02. The van der Waals surface area contributed by atoms with Gasteiger partial charge in [-0.05, 0) is 34.7 Å². The maximum atomic E-state index is 13.1. The van der Waals surface area contributed by atoms with Crippen molar-refractivity contribution >= 4 is 22.6 Å². The first-order valence-electron chi connectivity index (χ1n) is 8.51. The average molecular weight is 414 g/mol. The molecule has 0 radical (unpaired) electrons. The van der Waals surface area contributed by atoms with Gasteiger partial charge in [-0.1, -0.05) is 30.3 Å². The highest BCUT2D eigenvalue weighted by atomic mass is 19.4. The van der Waals surface area contributed by atoms with E-state index in [1.54, 1.807) is 18.2 Å². The van der Waals surface area contributed by atoms with Gasteiger partial charge in [-0.15, -0.1) is 0 Å². The van der Waals surface area contributed by atoms with Gasteiger partial charge in [0, 0.05) is 18.0 Å². The number of hydrogen-bond donors (Lipinski definition) is 0. The number of rotatable bonds is 1. The molecule has 0 spiro atoms. The number of aryl methyl sites for hydroxylation is 2. The first-order chi connectivity index (χ1) is 13.5. The lowest BCUT2D eigenvalue weighted by molar-refractivity contribution is -0.193. The molecule has 2 aromatic rings. The van der Waals surface area contributed by atoms with E-state index in [9.17, 15) is 35.9 Å². The van der Waals surface area contributed by atoms with E-state index in [-0.39, 0.29) is 15.4 Å². The van der Waals surface area contributed by atoms with Crippen LogP contribution in [0.25, 0.3) is 10.8 Å². The Hall–Kier alpha value is -3.04. The lowest BCUT2D eigenvalue weighted by Crippen LogP contribution is -2.46. The quantitative estimate of drug-likeness (QED) is 0.657. The Morgan fingerprint density at radius 2 is 1.31 bits per heavy atom. The summed E-state index contributed by atoms with van der Waals surface area (Å²) in [5.41, 5.74) is 1.83.